The highest BCUT2D eigenvalue weighted by Gasteiger charge is 2.21. The average Bonchev–Trinajstić information content (AvgIpc) is 3.01. The normalized spacial score (nSPS) is 16.1. The predicted octanol–water partition coefficient (Wildman–Crippen LogP) is 3.25. The third-order valence-corrected chi connectivity index (χ3v) is 4.07. The van der Waals surface area contributed by atoms with Crippen molar-refractivity contribution in [2.75, 3.05) is 18.0 Å². The fraction of sp³-hybridized carbons (Fsp3) is 0.333. The lowest BCUT2D eigenvalue weighted by Crippen LogP contribution is -2.34. The van der Waals surface area contributed by atoms with Crippen LogP contribution in [-0.2, 0) is 0 Å². The molecule has 4 nitrogen and oxygen atoms in total. The van der Waals surface area contributed by atoms with Gasteiger partial charge in [0, 0.05) is 36.5 Å². The molecule has 2 heterocycles. The molecule has 0 saturated carbocycles. The zero-order valence-electron chi connectivity index (χ0n) is 11.0. The topological polar surface area (TPSA) is 44.9 Å². The molecule has 2 aromatic rings. The summed E-state index contributed by atoms with van der Waals surface area (Å²) in [5.41, 5.74) is 1.64. The summed E-state index contributed by atoms with van der Waals surface area (Å²) in [5, 5.41) is 9.84. The Hall–Kier alpha value is -1.99. The molecule has 20 heavy (non-hydrogen) atoms. The monoisotopic (exact) mass is 286 g/mol. The molecule has 5 heteroatoms. The Kier molecular flexibility index (Phi) is 3.62. The van der Waals surface area contributed by atoms with E-state index in [-0.39, 0.29) is 0 Å². The van der Waals surface area contributed by atoms with Gasteiger partial charge in [-0.15, -0.1) is 0 Å². The molecular formula is C15H15ClN4. The van der Waals surface area contributed by atoms with E-state index in [4.69, 9.17) is 11.6 Å². The molecule has 0 radical (unpaired) electrons. The number of anilines is 1. The number of rotatable bonds is 2. The van der Waals surface area contributed by atoms with E-state index in [0.717, 1.165) is 31.6 Å². The molecular weight excluding hydrogens is 272 g/mol. The van der Waals surface area contributed by atoms with E-state index in [0.29, 0.717) is 16.6 Å². The molecule has 1 fully saturated rings. The smallest absolute Gasteiger partial charge is 0.101 e. The fourth-order valence-corrected chi connectivity index (χ4v) is 2.94. The maximum atomic E-state index is 9.23. The Labute approximate surface area is 123 Å². The summed E-state index contributed by atoms with van der Waals surface area (Å²) in [4.78, 5) is 6.37. The number of piperidine rings is 1. The van der Waals surface area contributed by atoms with Crippen LogP contribution in [0.4, 0.5) is 5.69 Å². The summed E-state index contributed by atoms with van der Waals surface area (Å²) in [6, 6.07) is 8.26. The Morgan fingerprint density at radius 2 is 2.10 bits per heavy atom. The maximum Gasteiger partial charge on any atom is 0.101 e. The molecule has 0 amide bonds. The zero-order valence-corrected chi connectivity index (χ0v) is 11.8. The maximum absolute atomic E-state index is 9.23. The highest BCUT2D eigenvalue weighted by Crippen LogP contribution is 2.29. The van der Waals surface area contributed by atoms with Crippen LogP contribution in [0.2, 0.25) is 5.02 Å². The Bertz CT molecular complexity index is 622. The van der Waals surface area contributed by atoms with E-state index in [9.17, 15) is 5.26 Å². The van der Waals surface area contributed by atoms with E-state index in [1.54, 1.807) is 6.07 Å². The second-order valence-corrected chi connectivity index (χ2v) is 5.44. The van der Waals surface area contributed by atoms with E-state index in [2.05, 4.69) is 20.5 Å². The van der Waals surface area contributed by atoms with Crippen molar-refractivity contribution in [3.8, 4) is 6.07 Å². The number of nitriles is 1. The highest BCUT2D eigenvalue weighted by atomic mass is 35.5. The second kappa shape index (κ2) is 5.56. The van der Waals surface area contributed by atoms with Gasteiger partial charge in [0.15, 0.2) is 0 Å². The lowest BCUT2D eigenvalue weighted by Gasteiger charge is -2.34. The van der Waals surface area contributed by atoms with Crippen molar-refractivity contribution in [3.63, 3.8) is 0 Å². The molecule has 0 atom stereocenters. The molecule has 1 aromatic carbocycles. The number of imidazole rings is 1. The second-order valence-electron chi connectivity index (χ2n) is 5.00. The van der Waals surface area contributed by atoms with Gasteiger partial charge in [-0.05, 0) is 31.0 Å². The van der Waals surface area contributed by atoms with Gasteiger partial charge >= 0.3 is 0 Å². The van der Waals surface area contributed by atoms with Crippen LogP contribution in [0.1, 0.15) is 24.4 Å². The van der Waals surface area contributed by atoms with Crippen LogP contribution in [-0.4, -0.2) is 22.6 Å². The number of nitrogens with zero attached hydrogens (tertiary/aromatic N) is 4. The molecule has 0 spiro atoms. The quantitative estimate of drug-likeness (QED) is 0.851. The van der Waals surface area contributed by atoms with Crippen molar-refractivity contribution in [1.82, 2.24) is 9.55 Å². The number of hydrogen-bond donors (Lipinski definition) is 0. The molecule has 0 aliphatic carbocycles. The van der Waals surface area contributed by atoms with Crippen LogP contribution in [0.25, 0.3) is 0 Å². The summed E-state index contributed by atoms with van der Waals surface area (Å²) in [7, 11) is 0. The molecule has 0 N–H and O–H groups in total. The Morgan fingerprint density at radius 1 is 1.30 bits per heavy atom. The molecule has 0 unspecified atom stereocenters. The van der Waals surface area contributed by atoms with E-state index in [1.807, 2.05) is 30.9 Å². The van der Waals surface area contributed by atoms with Crippen molar-refractivity contribution in [1.29, 1.82) is 5.26 Å². The zero-order chi connectivity index (χ0) is 13.9. The first kappa shape index (κ1) is 13.0. The number of benzene rings is 1. The van der Waals surface area contributed by atoms with Crippen LogP contribution in [0.15, 0.2) is 36.9 Å². The van der Waals surface area contributed by atoms with Crippen LogP contribution in [0.5, 0.6) is 0 Å². The lowest BCUT2D eigenvalue weighted by atomic mass is 10.0. The first-order valence-electron chi connectivity index (χ1n) is 6.70. The van der Waals surface area contributed by atoms with Crippen LogP contribution >= 0.6 is 11.6 Å². The minimum Gasteiger partial charge on any atom is -0.370 e. The lowest BCUT2D eigenvalue weighted by molar-refractivity contribution is 0.396. The predicted molar refractivity (Wildman–Crippen MR) is 78.9 cm³/mol. The van der Waals surface area contributed by atoms with Gasteiger partial charge in [-0.3, -0.25) is 0 Å². The number of halogens is 1. The fourth-order valence-electron chi connectivity index (χ4n) is 2.76. The third kappa shape index (κ3) is 2.50. The number of aromatic nitrogens is 2. The molecule has 3 rings (SSSR count). The van der Waals surface area contributed by atoms with Gasteiger partial charge < -0.3 is 9.47 Å². The van der Waals surface area contributed by atoms with E-state index >= 15 is 0 Å². The van der Waals surface area contributed by atoms with E-state index in [1.165, 1.54) is 0 Å². The third-order valence-electron chi connectivity index (χ3n) is 3.83. The Morgan fingerprint density at radius 3 is 2.75 bits per heavy atom. The van der Waals surface area contributed by atoms with Gasteiger partial charge in [0.1, 0.15) is 6.07 Å². The minimum absolute atomic E-state index is 0.506. The minimum atomic E-state index is 0.506. The van der Waals surface area contributed by atoms with Crippen molar-refractivity contribution in [2.45, 2.75) is 18.9 Å². The van der Waals surface area contributed by atoms with Crippen molar-refractivity contribution >= 4 is 17.3 Å². The van der Waals surface area contributed by atoms with E-state index < -0.39 is 0 Å². The summed E-state index contributed by atoms with van der Waals surface area (Å²) < 4.78 is 2.17. The molecule has 0 bridgehead atoms. The van der Waals surface area contributed by atoms with Crippen molar-refractivity contribution in [2.24, 2.45) is 0 Å². The summed E-state index contributed by atoms with van der Waals surface area (Å²) in [5.74, 6) is 0. The first-order valence-corrected chi connectivity index (χ1v) is 7.08. The molecule has 1 aliphatic rings. The summed E-state index contributed by atoms with van der Waals surface area (Å²) in [6.07, 6.45) is 7.83. The largest absolute Gasteiger partial charge is 0.370 e. The van der Waals surface area contributed by atoms with Crippen LogP contribution < -0.4 is 4.90 Å². The molecule has 1 aliphatic heterocycles. The molecule has 1 aromatic heterocycles. The Balaban J connectivity index is 1.74. The average molecular weight is 287 g/mol. The van der Waals surface area contributed by atoms with Crippen LogP contribution in [0, 0.1) is 11.3 Å². The summed E-state index contributed by atoms with van der Waals surface area (Å²) in [6.45, 7) is 1.89. The standard InChI is InChI=1S/C15H15ClN4/c16-13-1-2-15(12(9-13)10-17)19-6-3-14(4-7-19)20-8-5-18-11-20/h1-2,5,8-9,11,14H,3-4,6-7H2. The molecule has 102 valence electrons. The highest BCUT2D eigenvalue weighted by molar-refractivity contribution is 6.30. The van der Waals surface area contributed by atoms with Gasteiger partial charge in [0.05, 0.1) is 17.6 Å². The molecule has 1 saturated heterocycles. The first-order chi connectivity index (χ1) is 9.78. The van der Waals surface area contributed by atoms with Gasteiger partial charge in [-0.2, -0.15) is 5.26 Å². The number of hydrogen-bond acceptors (Lipinski definition) is 3. The van der Waals surface area contributed by atoms with Gasteiger partial charge in [0.25, 0.3) is 0 Å². The van der Waals surface area contributed by atoms with Gasteiger partial charge in [-0.1, -0.05) is 11.6 Å². The van der Waals surface area contributed by atoms with Gasteiger partial charge in [-0.25, -0.2) is 4.98 Å². The SMILES string of the molecule is N#Cc1cc(Cl)ccc1N1CCC(n2ccnc2)CC1. The van der Waals surface area contributed by atoms with Crippen molar-refractivity contribution in [3.05, 3.63) is 47.5 Å². The van der Waals surface area contributed by atoms with Crippen LogP contribution in [0.3, 0.4) is 0 Å². The summed E-state index contributed by atoms with van der Waals surface area (Å²) >= 11 is 5.95. The van der Waals surface area contributed by atoms with Crippen molar-refractivity contribution < 1.29 is 0 Å². The van der Waals surface area contributed by atoms with Gasteiger partial charge in [0.2, 0.25) is 0 Å².